The number of aliphatic hydroxyl groups excluding tert-OH is 1. The van der Waals surface area contributed by atoms with E-state index in [2.05, 4.69) is 68.4 Å². The number of aliphatic hydroxyl groups is 1. The van der Waals surface area contributed by atoms with Crippen molar-refractivity contribution in [3.05, 3.63) is 106 Å². The molecule has 3 aromatic rings. The fourth-order valence-electron chi connectivity index (χ4n) is 3.32. The van der Waals surface area contributed by atoms with Gasteiger partial charge in [-0.1, -0.05) is 89.6 Å². The molecule has 2 heteroatoms. The normalized spacial score (nSPS) is 16.6. The van der Waals surface area contributed by atoms with Gasteiger partial charge in [-0.3, -0.25) is 0 Å². The van der Waals surface area contributed by atoms with Crippen LogP contribution in [-0.2, 0) is 0 Å². The summed E-state index contributed by atoms with van der Waals surface area (Å²) in [7, 11) is 0. The maximum absolute atomic E-state index is 11.2. The zero-order chi connectivity index (χ0) is 17.4. The maximum Gasteiger partial charge on any atom is 0.119 e. The third-order valence-electron chi connectivity index (χ3n) is 4.64. The number of rotatable bonds is 2. The fraction of sp³-hybridized carbons (Fsp3) is 0.130. The summed E-state index contributed by atoms with van der Waals surface area (Å²) >= 11 is 1.66. The molecule has 0 fully saturated rings. The molecule has 3 aromatic carbocycles. The molecule has 0 aromatic heterocycles. The van der Waals surface area contributed by atoms with Gasteiger partial charge >= 0.3 is 0 Å². The summed E-state index contributed by atoms with van der Waals surface area (Å²) < 4.78 is 0. The number of allylic oxidation sites excluding steroid dienone is 1. The van der Waals surface area contributed by atoms with Gasteiger partial charge in [0.05, 0.1) is 10.8 Å². The summed E-state index contributed by atoms with van der Waals surface area (Å²) in [6.45, 7) is 4.19. The van der Waals surface area contributed by atoms with E-state index in [9.17, 15) is 5.11 Å². The molecule has 1 atom stereocenters. The third-order valence-corrected chi connectivity index (χ3v) is 5.88. The molecule has 4 rings (SSSR count). The molecule has 0 spiro atoms. The van der Waals surface area contributed by atoms with Crippen LogP contribution in [0.3, 0.4) is 0 Å². The summed E-state index contributed by atoms with van der Waals surface area (Å²) in [4.78, 5) is 2.16. The van der Waals surface area contributed by atoms with Crippen molar-refractivity contribution < 1.29 is 5.11 Å². The minimum Gasteiger partial charge on any atom is -0.510 e. The van der Waals surface area contributed by atoms with Crippen molar-refractivity contribution in [3.63, 3.8) is 0 Å². The summed E-state index contributed by atoms with van der Waals surface area (Å²) in [5.74, 6) is 0.324. The molecule has 0 saturated carbocycles. The van der Waals surface area contributed by atoms with Gasteiger partial charge in [0.1, 0.15) is 5.76 Å². The average Bonchev–Trinajstić information content (AvgIpc) is 2.63. The quantitative estimate of drug-likeness (QED) is 0.575. The highest BCUT2D eigenvalue weighted by Gasteiger charge is 2.30. The topological polar surface area (TPSA) is 20.2 Å². The van der Waals surface area contributed by atoms with Crippen LogP contribution >= 0.6 is 11.8 Å². The van der Waals surface area contributed by atoms with E-state index in [1.54, 1.807) is 11.8 Å². The van der Waals surface area contributed by atoms with E-state index in [1.807, 2.05) is 18.2 Å². The molecule has 1 aliphatic rings. The molecule has 1 heterocycles. The van der Waals surface area contributed by atoms with E-state index in [0.717, 1.165) is 16.0 Å². The van der Waals surface area contributed by atoms with Gasteiger partial charge in [-0.15, -0.1) is 0 Å². The van der Waals surface area contributed by atoms with Gasteiger partial charge in [0.15, 0.2) is 0 Å². The molecule has 0 saturated heterocycles. The monoisotopic (exact) mass is 344 g/mol. The molecule has 0 aliphatic carbocycles. The second kappa shape index (κ2) is 6.45. The van der Waals surface area contributed by atoms with Crippen molar-refractivity contribution in [3.8, 4) is 0 Å². The largest absolute Gasteiger partial charge is 0.510 e. The Morgan fingerprint density at radius 1 is 0.800 bits per heavy atom. The Kier molecular flexibility index (Phi) is 4.14. The van der Waals surface area contributed by atoms with Crippen molar-refractivity contribution >= 4 is 16.7 Å². The second-order valence-electron chi connectivity index (χ2n) is 6.57. The SMILES string of the molecule is Cc1ccc([C@@H]2C(O)=C(c3ccccc3)Sc3ccc(C)cc32)cc1. The minimum atomic E-state index is -0.119. The van der Waals surface area contributed by atoms with Gasteiger partial charge in [0.2, 0.25) is 0 Å². The standard InChI is InChI=1S/C23H20OS/c1-15-8-11-17(12-9-15)21-19-14-16(2)10-13-20(19)25-23(22(21)24)18-6-4-3-5-7-18/h3-14,21,24H,1-2H3/t21-/m0/s1. The Morgan fingerprint density at radius 2 is 1.48 bits per heavy atom. The van der Waals surface area contributed by atoms with Gasteiger partial charge in [-0.25, -0.2) is 0 Å². The molecule has 0 bridgehead atoms. The molecule has 0 amide bonds. The highest BCUT2D eigenvalue weighted by atomic mass is 32.2. The molecule has 0 radical (unpaired) electrons. The van der Waals surface area contributed by atoms with Crippen LogP contribution in [0.1, 0.15) is 33.7 Å². The van der Waals surface area contributed by atoms with Crippen LogP contribution in [0.2, 0.25) is 0 Å². The van der Waals surface area contributed by atoms with Gasteiger partial charge in [-0.2, -0.15) is 0 Å². The first-order chi connectivity index (χ1) is 12.1. The Labute approximate surface area is 153 Å². The van der Waals surface area contributed by atoms with Crippen LogP contribution in [-0.4, -0.2) is 5.11 Å². The summed E-state index contributed by atoms with van der Waals surface area (Å²) in [6, 6.07) is 25.1. The lowest BCUT2D eigenvalue weighted by Crippen LogP contribution is -2.11. The van der Waals surface area contributed by atoms with Crippen molar-refractivity contribution in [2.75, 3.05) is 0 Å². The Bertz CT molecular complexity index is 940. The van der Waals surface area contributed by atoms with Crippen LogP contribution in [0.4, 0.5) is 0 Å². The first-order valence-electron chi connectivity index (χ1n) is 8.47. The molecular formula is C23H20OS. The first kappa shape index (κ1) is 16.0. The highest BCUT2D eigenvalue weighted by Crippen LogP contribution is 2.50. The summed E-state index contributed by atoms with van der Waals surface area (Å²) in [5.41, 5.74) is 5.82. The van der Waals surface area contributed by atoms with Crippen LogP contribution in [0.5, 0.6) is 0 Å². The fourth-order valence-corrected chi connectivity index (χ4v) is 4.45. The molecule has 1 nitrogen and oxygen atoms in total. The van der Waals surface area contributed by atoms with Crippen molar-refractivity contribution in [2.24, 2.45) is 0 Å². The lowest BCUT2D eigenvalue weighted by molar-refractivity contribution is 0.384. The van der Waals surface area contributed by atoms with E-state index < -0.39 is 0 Å². The van der Waals surface area contributed by atoms with Gasteiger partial charge < -0.3 is 5.11 Å². The smallest absolute Gasteiger partial charge is 0.119 e. The average molecular weight is 344 g/mol. The second-order valence-corrected chi connectivity index (χ2v) is 7.62. The van der Waals surface area contributed by atoms with Crippen molar-refractivity contribution in [1.29, 1.82) is 0 Å². The zero-order valence-electron chi connectivity index (χ0n) is 14.4. The zero-order valence-corrected chi connectivity index (χ0v) is 15.2. The molecule has 25 heavy (non-hydrogen) atoms. The Balaban J connectivity index is 1.92. The number of hydrogen-bond donors (Lipinski definition) is 1. The predicted octanol–water partition coefficient (Wildman–Crippen LogP) is 6.47. The number of thioether (sulfide) groups is 1. The van der Waals surface area contributed by atoms with Gasteiger partial charge in [0, 0.05) is 4.90 Å². The number of hydrogen-bond acceptors (Lipinski definition) is 2. The summed E-state index contributed by atoms with van der Waals surface area (Å²) in [6.07, 6.45) is 0. The molecular weight excluding hydrogens is 324 g/mol. The first-order valence-corrected chi connectivity index (χ1v) is 9.28. The third kappa shape index (κ3) is 2.98. The molecule has 0 unspecified atom stereocenters. The van der Waals surface area contributed by atoms with Crippen LogP contribution in [0, 0.1) is 13.8 Å². The minimum absolute atomic E-state index is 0.119. The van der Waals surface area contributed by atoms with E-state index in [0.29, 0.717) is 5.76 Å². The van der Waals surface area contributed by atoms with Crippen LogP contribution < -0.4 is 0 Å². The molecule has 124 valence electrons. The van der Waals surface area contributed by atoms with Gasteiger partial charge in [-0.05, 0) is 36.6 Å². The number of fused-ring (bicyclic) bond motifs is 1. The van der Waals surface area contributed by atoms with E-state index >= 15 is 0 Å². The Morgan fingerprint density at radius 3 is 2.20 bits per heavy atom. The lowest BCUT2D eigenvalue weighted by atomic mass is 9.87. The van der Waals surface area contributed by atoms with Crippen LogP contribution in [0.25, 0.3) is 4.91 Å². The van der Waals surface area contributed by atoms with Crippen LogP contribution in [0.15, 0.2) is 83.5 Å². The Hall–Kier alpha value is -2.45. The number of benzene rings is 3. The van der Waals surface area contributed by atoms with E-state index in [1.165, 1.54) is 21.6 Å². The van der Waals surface area contributed by atoms with Crippen molar-refractivity contribution in [2.45, 2.75) is 24.7 Å². The number of aryl methyl sites for hydroxylation is 2. The summed E-state index contributed by atoms with van der Waals surface area (Å²) in [5, 5.41) is 11.2. The molecule has 1 aliphatic heterocycles. The molecule has 1 N–H and O–H groups in total. The van der Waals surface area contributed by atoms with E-state index in [4.69, 9.17) is 0 Å². The van der Waals surface area contributed by atoms with Gasteiger partial charge in [0.25, 0.3) is 0 Å². The maximum atomic E-state index is 11.2. The predicted molar refractivity (Wildman–Crippen MR) is 106 cm³/mol. The van der Waals surface area contributed by atoms with Crippen molar-refractivity contribution in [1.82, 2.24) is 0 Å². The lowest BCUT2D eigenvalue weighted by Gasteiger charge is -2.28. The van der Waals surface area contributed by atoms with E-state index in [-0.39, 0.29) is 5.92 Å². The highest BCUT2D eigenvalue weighted by molar-refractivity contribution is 8.08.